The molecule has 6 heteroatoms. The van der Waals surface area contributed by atoms with Crippen LogP contribution in [0.5, 0.6) is 0 Å². The summed E-state index contributed by atoms with van der Waals surface area (Å²) in [5.74, 6) is 6.85. The molecule has 2 aromatic heterocycles. The molecule has 0 saturated heterocycles. The van der Waals surface area contributed by atoms with E-state index in [4.69, 9.17) is 11.6 Å². The Labute approximate surface area is 87.5 Å². The van der Waals surface area contributed by atoms with Crippen LogP contribution in [0.4, 0.5) is 5.82 Å². The number of imidazole rings is 2. The lowest BCUT2D eigenvalue weighted by atomic mass is 10.3. The van der Waals surface area contributed by atoms with Gasteiger partial charge in [0.2, 0.25) is 0 Å². The Morgan fingerprint density at radius 1 is 1.47 bits per heavy atom. The Morgan fingerprint density at radius 3 is 2.73 bits per heavy atom. The predicted molar refractivity (Wildman–Crippen MR) is 58.4 cm³/mol. The molecule has 0 atom stereocenters. The van der Waals surface area contributed by atoms with Gasteiger partial charge in [0.1, 0.15) is 11.5 Å². The molecular formula is C9H14N6. The minimum absolute atomic E-state index is 0.461. The second kappa shape index (κ2) is 3.30. The zero-order valence-electron chi connectivity index (χ0n) is 8.81. The molecule has 0 aliphatic rings. The van der Waals surface area contributed by atoms with E-state index in [0.29, 0.717) is 17.3 Å². The van der Waals surface area contributed by atoms with Crippen LogP contribution in [0.15, 0.2) is 12.5 Å². The summed E-state index contributed by atoms with van der Waals surface area (Å²) in [5, 5.41) is 0. The van der Waals surface area contributed by atoms with Crippen molar-refractivity contribution in [2.75, 3.05) is 11.6 Å². The molecule has 0 radical (unpaired) electrons. The number of anilines is 1. The highest BCUT2D eigenvalue weighted by Crippen LogP contribution is 2.24. The van der Waals surface area contributed by atoms with Crippen molar-refractivity contribution in [3.05, 3.63) is 18.3 Å². The average Bonchev–Trinajstić information content (AvgIpc) is 2.78. The van der Waals surface area contributed by atoms with Crippen LogP contribution in [0.2, 0.25) is 0 Å². The van der Waals surface area contributed by atoms with Crippen molar-refractivity contribution in [2.24, 2.45) is 0 Å². The molecule has 0 unspecified atom stereocenters. The lowest BCUT2D eigenvalue weighted by Gasteiger charge is -2.03. The Hall–Kier alpha value is -1.98. The quantitative estimate of drug-likeness (QED) is 0.695. The zero-order valence-corrected chi connectivity index (χ0v) is 8.81. The fraction of sp³-hybridized carbons (Fsp3) is 0.333. The third kappa shape index (κ3) is 1.34. The molecule has 0 saturated carbocycles. The Morgan fingerprint density at radius 2 is 2.20 bits per heavy atom. The van der Waals surface area contributed by atoms with Crippen molar-refractivity contribution in [1.82, 2.24) is 19.2 Å². The summed E-state index contributed by atoms with van der Waals surface area (Å²) in [4.78, 5) is 8.38. The van der Waals surface area contributed by atoms with Crippen molar-refractivity contribution in [3.8, 4) is 11.4 Å². The van der Waals surface area contributed by atoms with E-state index in [1.54, 1.807) is 12.5 Å². The number of nitrogen functional groups attached to an aromatic ring is 2. The van der Waals surface area contributed by atoms with E-state index in [0.717, 1.165) is 12.2 Å². The van der Waals surface area contributed by atoms with Crippen molar-refractivity contribution in [1.29, 1.82) is 0 Å². The first-order valence-corrected chi connectivity index (χ1v) is 4.75. The predicted octanol–water partition coefficient (Wildman–Crippen LogP) is 0.371. The van der Waals surface area contributed by atoms with Crippen LogP contribution in [0.25, 0.3) is 11.4 Å². The summed E-state index contributed by atoms with van der Waals surface area (Å²) in [5.41, 5.74) is 7.43. The fourth-order valence-corrected chi connectivity index (χ4v) is 1.52. The molecule has 0 aliphatic carbocycles. The molecule has 0 spiro atoms. The largest absolute Gasteiger partial charge is 0.382 e. The minimum atomic E-state index is 0.461. The van der Waals surface area contributed by atoms with Crippen molar-refractivity contribution < 1.29 is 0 Å². The molecule has 0 aromatic carbocycles. The number of rotatable bonds is 2. The number of hydrogen-bond acceptors (Lipinski definition) is 4. The minimum Gasteiger partial charge on any atom is -0.382 e. The molecule has 0 amide bonds. The van der Waals surface area contributed by atoms with Crippen LogP contribution in [0.1, 0.15) is 12.7 Å². The molecule has 0 fully saturated rings. The van der Waals surface area contributed by atoms with Crippen LogP contribution in [0, 0.1) is 6.92 Å². The van der Waals surface area contributed by atoms with Gasteiger partial charge in [0.25, 0.3) is 0 Å². The van der Waals surface area contributed by atoms with Crippen molar-refractivity contribution in [3.63, 3.8) is 0 Å². The summed E-state index contributed by atoms with van der Waals surface area (Å²) in [6.07, 6.45) is 3.49. The van der Waals surface area contributed by atoms with Crippen LogP contribution >= 0.6 is 0 Å². The lowest BCUT2D eigenvalue weighted by Crippen LogP contribution is -2.13. The average molecular weight is 206 g/mol. The molecule has 80 valence electrons. The van der Waals surface area contributed by atoms with Gasteiger partial charge in [0, 0.05) is 6.54 Å². The van der Waals surface area contributed by atoms with Gasteiger partial charge in [0.05, 0.1) is 18.2 Å². The SMILES string of the molecule is CCn1cncc1-c1nc(C)n(N)c1N. The van der Waals surface area contributed by atoms with Gasteiger partial charge in [-0.05, 0) is 13.8 Å². The van der Waals surface area contributed by atoms with E-state index < -0.39 is 0 Å². The fourth-order valence-electron chi connectivity index (χ4n) is 1.52. The highest BCUT2D eigenvalue weighted by molar-refractivity contribution is 5.67. The molecule has 2 heterocycles. The molecule has 4 N–H and O–H groups in total. The highest BCUT2D eigenvalue weighted by Gasteiger charge is 2.14. The standard InChI is InChI=1S/C9H14N6/c1-3-14-5-12-4-7(14)8-9(10)15(11)6(2)13-8/h4-5H,3,10-11H2,1-2H3. The number of nitrogens with two attached hydrogens (primary N) is 2. The summed E-state index contributed by atoms with van der Waals surface area (Å²) in [6, 6.07) is 0. The summed E-state index contributed by atoms with van der Waals surface area (Å²) >= 11 is 0. The molecule has 0 aliphatic heterocycles. The first-order valence-electron chi connectivity index (χ1n) is 4.75. The van der Waals surface area contributed by atoms with Gasteiger partial charge >= 0.3 is 0 Å². The Balaban J connectivity index is 2.59. The van der Waals surface area contributed by atoms with E-state index in [2.05, 4.69) is 9.97 Å². The second-order valence-electron chi connectivity index (χ2n) is 3.33. The van der Waals surface area contributed by atoms with E-state index in [9.17, 15) is 0 Å². The van der Waals surface area contributed by atoms with E-state index >= 15 is 0 Å². The number of aryl methyl sites for hydroxylation is 2. The van der Waals surface area contributed by atoms with E-state index in [1.807, 2.05) is 18.4 Å². The molecule has 15 heavy (non-hydrogen) atoms. The second-order valence-corrected chi connectivity index (χ2v) is 3.33. The smallest absolute Gasteiger partial charge is 0.152 e. The molecule has 6 nitrogen and oxygen atoms in total. The normalized spacial score (nSPS) is 10.8. The Kier molecular flexibility index (Phi) is 2.11. The maximum atomic E-state index is 5.85. The van der Waals surface area contributed by atoms with Gasteiger partial charge in [0.15, 0.2) is 5.82 Å². The van der Waals surface area contributed by atoms with Gasteiger partial charge in [-0.3, -0.25) is 0 Å². The van der Waals surface area contributed by atoms with Crippen LogP contribution in [0.3, 0.4) is 0 Å². The van der Waals surface area contributed by atoms with Crippen LogP contribution in [-0.4, -0.2) is 19.2 Å². The maximum absolute atomic E-state index is 5.85. The van der Waals surface area contributed by atoms with Gasteiger partial charge in [-0.25, -0.2) is 14.6 Å². The van der Waals surface area contributed by atoms with Gasteiger partial charge in [-0.1, -0.05) is 0 Å². The molecule has 2 aromatic rings. The lowest BCUT2D eigenvalue weighted by molar-refractivity contribution is 0.767. The van der Waals surface area contributed by atoms with Crippen molar-refractivity contribution >= 4 is 5.82 Å². The van der Waals surface area contributed by atoms with E-state index in [-0.39, 0.29) is 0 Å². The molecular weight excluding hydrogens is 192 g/mol. The first-order chi connectivity index (χ1) is 7.15. The van der Waals surface area contributed by atoms with Crippen LogP contribution < -0.4 is 11.6 Å². The third-order valence-corrected chi connectivity index (χ3v) is 2.42. The number of hydrogen-bond donors (Lipinski definition) is 2. The van der Waals surface area contributed by atoms with Gasteiger partial charge in [-0.15, -0.1) is 0 Å². The van der Waals surface area contributed by atoms with Crippen molar-refractivity contribution in [2.45, 2.75) is 20.4 Å². The van der Waals surface area contributed by atoms with E-state index in [1.165, 1.54) is 4.68 Å². The summed E-state index contributed by atoms with van der Waals surface area (Å²) in [7, 11) is 0. The Bertz CT molecular complexity index is 481. The van der Waals surface area contributed by atoms with Gasteiger partial charge < -0.3 is 16.1 Å². The van der Waals surface area contributed by atoms with Gasteiger partial charge in [-0.2, -0.15) is 0 Å². The highest BCUT2D eigenvalue weighted by atomic mass is 15.4. The molecule has 0 bridgehead atoms. The number of aromatic nitrogens is 4. The molecule has 2 rings (SSSR count). The number of nitrogens with zero attached hydrogens (tertiary/aromatic N) is 4. The summed E-state index contributed by atoms with van der Waals surface area (Å²) in [6.45, 7) is 4.67. The first kappa shape index (κ1) is 9.57. The monoisotopic (exact) mass is 206 g/mol. The topological polar surface area (TPSA) is 87.7 Å². The van der Waals surface area contributed by atoms with Crippen LogP contribution in [-0.2, 0) is 6.54 Å². The zero-order chi connectivity index (χ0) is 11.0. The maximum Gasteiger partial charge on any atom is 0.152 e. The third-order valence-electron chi connectivity index (χ3n) is 2.42. The summed E-state index contributed by atoms with van der Waals surface area (Å²) < 4.78 is 3.35.